The number of nitrogens with two attached hydrogens (primary N) is 1. The van der Waals surface area contributed by atoms with Crippen LogP contribution >= 0.6 is 0 Å². The molecule has 0 aromatic carbocycles. The fourth-order valence-corrected chi connectivity index (χ4v) is 1.45. The highest BCUT2D eigenvalue weighted by Gasteiger charge is 2.07. The Morgan fingerprint density at radius 2 is 2.29 bits per heavy atom. The standard InChI is InChI=1S/C11H24N2O/c1-4-7-13(8-5-2)10-11(12)6-9-14-3/h4,11H,1,5-10,12H2,2-3H3. The summed E-state index contributed by atoms with van der Waals surface area (Å²) >= 11 is 0. The van der Waals surface area contributed by atoms with Gasteiger partial charge in [-0.3, -0.25) is 4.90 Å². The lowest BCUT2D eigenvalue weighted by Crippen LogP contribution is -2.38. The lowest BCUT2D eigenvalue weighted by atomic mass is 10.2. The van der Waals surface area contributed by atoms with Gasteiger partial charge in [0.15, 0.2) is 0 Å². The van der Waals surface area contributed by atoms with E-state index in [9.17, 15) is 0 Å². The summed E-state index contributed by atoms with van der Waals surface area (Å²) in [6.07, 6.45) is 4.01. The maximum Gasteiger partial charge on any atom is 0.0477 e. The van der Waals surface area contributed by atoms with Crippen LogP contribution in [0.4, 0.5) is 0 Å². The Hall–Kier alpha value is -0.380. The molecule has 14 heavy (non-hydrogen) atoms. The van der Waals surface area contributed by atoms with Crippen molar-refractivity contribution in [2.45, 2.75) is 25.8 Å². The van der Waals surface area contributed by atoms with Crippen LogP contribution in [-0.2, 0) is 4.74 Å². The molecule has 0 heterocycles. The summed E-state index contributed by atoms with van der Waals surface area (Å²) in [7, 11) is 1.71. The second kappa shape index (κ2) is 9.19. The predicted octanol–water partition coefficient (Wildman–Crippen LogP) is 1.25. The minimum Gasteiger partial charge on any atom is -0.385 e. The molecule has 1 unspecified atom stereocenters. The van der Waals surface area contributed by atoms with Gasteiger partial charge in [-0.2, -0.15) is 0 Å². The lowest BCUT2D eigenvalue weighted by Gasteiger charge is -2.23. The molecule has 1 atom stereocenters. The normalized spacial score (nSPS) is 13.1. The molecule has 0 saturated heterocycles. The van der Waals surface area contributed by atoms with Crippen LogP contribution in [0, 0.1) is 0 Å². The maximum atomic E-state index is 5.97. The quantitative estimate of drug-likeness (QED) is 0.569. The number of nitrogens with zero attached hydrogens (tertiary/aromatic N) is 1. The number of rotatable bonds is 9. The Kier molecular flexibility index (Phi) is 8.94. The van der Waals surface area contributed by atoms with Crippen molar-refractivity contribution < 1.29 is 4.74 Å². The van der Waals surface area contributed by atoms with Crippen molar-refractivity contribution in [1.82, 2.24) is 4.90 Å². The maximum absolute atomic E-state index is 5.97. The summed E-state index contributed by atoms with van der Waals surface area (Å²) in [6.45, 7) is 9.62. The summed E-state index contributed by atoms with van der Waals surface area (Å²) in [5.74, 6) is 0. The topological polar surface area (TPSA) is 38.5 Å². The molecule has 0 aliphatic heterocycles. The van der Waals surface area contributed by atoms with Crippen LogP contribution < -0.4 is 5.73 Å². The zero-order chi connectivity index (χ0) is 10.8. The predicted molar refractivity (Wildman–Crippen MR) is 61.4 cm³/mol. The van der Waals surface area contributed by atoms with Gasteiger partial charge in [0.05, 0.1) is 0 Å². The lowest BCUT2D eigenvalue weighted by molar-refractivity contribution is 0.177. The second-order valence-corrected chi connectivity index (χ2v) is 3.59. The Morgan fingerprint density at radius 1 is 1.57 bits per heavy atom. The molecule has 0 fully saturated rings. The minimum atomic E-state index is 0.210. The number of hydrogen-bond donors (Lipinski definition) is 1. The molecule has 3 heteroatoms. The van der Waals surface area contributed by atoms with Gasteiger partial charge in [-0.15, -0.1) is 6.58 Å². The second-order valence-electron chi connectivity index (χ2n) is 3.59. The van der Waals surface area contributed by atoms with Crippen molar-refractivity contribution in [3.05, 3.63) is 12.7 Å². The van der Waals surface area contributed by atoms with Crippen LogP contribution in [0.1, 0.15) is 19.8 Å². The van der Waals surface area contributed by atoms with E-state index < -0.39 is 0 Å². The molecule has 0 aliphatic rings. The molecular formula is C11H24N2O. The van der Waals surface area contributed by atoms with E-state index in [0.717, 1.165) is 39.1 Å². The summed E-state index contributed by atoms with van der Waals surface area (Å²) in [5, 5.41) is 0. The fraction of sp³-hybridized carbons (Fsp3) is 0.818. The molecule has 0 aromatic heterocycles. The van der Waals surface area contributed by atoms with Crippen LogP contribution in [0.25, 0.3) is 0 Å². The number of ether oxygens (including phenoxy) is 1. The van der Waals surface area contributed by atoms with Crippen molar-refractivity contribution in [1.29, 1.82) is 0 Å². The Balaban J connectivity index is 3.70. The fourth-order valence-electron chi connectivity index (χ4n) is 1.45. The molecule has 0 amide bonds. The highest BCUT2D eigenvalue weighted by molar-refractivity contribution is 4.76. The van der Waals surface area contributed by atoms with Gasteiger partial charge in [0.25, 0.3) is 0 Å². The first-order chi connectivity index (χ1) is 6.74. The first kappa shape index (κ1) is 13.6. The van der Waals surface area contributed by atoms with Crippen LogP contribution in [0.5, 0.6) is 0 Å². The van der Waals surface area contributed by atoms with E-state index in [4.69, 9.17) is 10.5 Å². The average Bonchev–Trinajstić information content (AvgIpc) is 2.15. The monoisotopic (exact) mass is 200 g/mol. The highest BCUT2D eigenvalue weighted by Crippen LogP contribution is 1.97. The van der Waals surface area contributed by atoms with Crippen molar-refractivity contribution in [2.24, 2.45) is 5.73 Å². The van der Waals surface area contributed by atoms with E-state index in [1.165, 1.54) is 0 Å². The molecule has 0 bridgehead atoms. The van der Waals surface area contributed by atoms with E-state index >= 15 is 0 Å². The van der Waals surface area contributed by atoms with Crippen LogP contribution in [0.15, 0.2) is 12.7 Å². The zero-order valence-corrected chi connectivity index (χ0v) is 9.54. The van der Waals surface area contributed by atoms with Crippen molar-refractivity contribution in [3.63, 3.8) is 0 Å². The summed E-state index contributed by atoms with van der Waals surface area (Å²) in [5.41, 5.74) is 5.97. The molecule has 0 aromatic rings. The summed E-state index contributed by atoms with van der Waals surface area (Å²) < 4.78 is 5.00. The molecule has 0 radical (unpaired) electrons. The van der Waals surface area contributed by atoms with Gasteiger partial charge in [0.2, 0.25) is 0 Å². The van der Waals surface area contributed by atoms with E-state index in [-0.39, 0.29) is 6.04 Å². The van der Waals surface area contributed by atoms with Gasteiger partial charge in [0.1, 0.15) is 0 Å². The van der Waals surface area contributed by atoms with Crippen molar-refractivity contribution in [2.75, 3.05) is 33.4 Å². The smallest absolute Gasteiger partial charge is 0.0477 e. The first-order valence-electron chi connectivity index (χ1n) is 5.32. The van der Waals surface area contributed by atoms with Gasteiger partial charge in [0, 0.05) is 32.8 Å². The van der Waals surface area contributed by atoms with Gasteiger partial charge >= 0.3 is 0 Å². The molecule has 2 N–H and O–H groups in total. The third kappa shape index (κ3) is 7.06. The van der Waals surface area contributed by atoms with E-state index in [1.807, 2.05) is 6.08 Å². The molecule has 0 rings (SSSR count). The SMILES string of the molecule is C=CCN(CCC)CC(N)CCOC. The van der Waals surface area contributed by atoms with Crippen molar-refractivity contribution >= 4 is 0 Å². The molecule has 3 nitrogen and oxygen atoms in total. The molecular weight excluding hydrogens is 176 g/mol. The van der Waals surface area contributed by atoms with Crippen LogP contribution in [0.2, 0.25) is 0 Å². The number of hydrogen-bond acceptors (Lipinski definition) is 3. The van der Waals surface area contributed by atoms with Gasteiger partial charge < -0.3 is 10.5 Å². The highest BCUT2D eigenvalue weighted by atomic mass is 16.5. The third-order valence-corrected chi connectivity index (χ3v) is 2.11. The van der Waals surface area contributed by atoms with Gasteiger partial charge in [-0.1, -0.05) is 13.0 Å². The minimum absolute atomic E-state index is 0.210. The van der Waals surface area contributed by atoms with Gasteiger partial charge in [-0.25, -0.2) is 0 Å². The average molecular weight is 200 g/mol. The molecule has 0 spiro atoms. The Morgan fingerprint density at radius 3 is 2.79 bits per heavy atom. The van der Waals surface area contributed by atoms with Crippen LogP contribution in [0.3, 0.4) is 0 Å². The third-order valence-electron chi connectivity index (χ3n) is 2.11. The van der Waals surface area contributed by atoms with Crippen molar-refractivity contribution in [3.8, 4) is 0 Å². The molecule has 0 aliphatic carbocycles. The van der Waals surface area contributed by atoms with E-state index in [1.54, 1.807) is 7.11 Å². The number of methoxy groups -OCH3 is 1. The zero-order valence-electron chi connectivity index (χ0n) is 9.54. The summed E-state index contributed by atoms with van der Waals surface area (Å²) in [4.78, 5) is 2.33. The molecule has 84 valence electrons. The summed E-state index contributed by atoms with van der Waals surface area (Å²) in [6, 6.07) is 0.210. The molecule has 0 saturated carbocycles. The first-order valence-corrected chi connectivity index (χ1v) is 5.32. The van der Waals surface area contributed by atoms with Crippen LogP contribution in [-0.4, -0.2) is 44.3 Å². The Labute approximate surface area is 87.9 Å². The largest absolute Gasteiger partial charge is 0.385 e. The Bertz CT molecular complexity index is 139. The van der Waals surface area contributed by atoms with Gasteiger partial charge in [-0.05, 0) is 19.4 Å². The van der Waals surface area contributed by atoms with E-state index in [2.05, 4.69) is 18.4 Å². The van der Waals surface area contributed by atoms with E-state index in [0.29, 0.717) is 0 Å².